The number of amides is 1. The molecule has 1 aliphatic rings. The molecule has 2 atom stereocenters. The first-order valence-electron chi connectivity index (χ1n) is 7.27. The van der Waals surface area contributed by atoms with Gasteiger partial charge in [-0.05, 0) is 50.3 Å². The number of carbonyl (C=O) groups excluding carboxylic acids is 1. The molecule has 0 saturated heterocycles. The van der Waals surface area contributed by atoms with Gasteiger partial charge in [-0.25, -0.2) is 0 Å². The summed E-state index contributed by atoms with van der Waals surface area (Å²) in [6.45, 7) is 3.86. The van der Waals surface area contributed by atoms with Crippen LogP contribution in [0.15, 0.2) is 28.7 Å². The second kappa shape index (κ2) is 6.27. The first kappa shape index (κ1) is 15.5. The molecule has 2 rings (SSSR count). The Bertz CT molecular complexity index is 464. The van der Waals surface area contributed by atoms with E-state index in [1.54, 1.807) is 6.92 Å². The summed E-state index contributed by atoms with van der Waals surface area (Å²) < 4.78 is 0.983. The Hall–Kier alpha value is -0.870. The lowest BCUT2D eigenvalue weighted by molar-refractivity contribution is -0.127. The predicted octanol–water partition coefficient (Wildman–Crippen LogP) is 3.32. The van der Waals surface area contributed by atoms with Crippen LogP contribution in [-0.2, 0) is 10.3 Å². The number of nitrogens with one attached hydrogen (secondary N) is 1. The van der Waals surface area contributed by atoms with Crippen molar-refractivity contribution in [1.82, 2.24) is 5.32 Å². The minimum atomic E-state index is -0.992. The third-order valence-corrected chi connectivity index (χ3v) is 4.91. The summed E-state index contributed by atoms with van der Waals surface area (Å²) in [5, 5.41) is 3.10. The SMILES string of the molecule is CC(NC(=O)C(C)(N)c1ccc(Br)cc1)C1CCCC1. The molecule has 0 spiro atoms. The van der Waals surface area contributed by atoms with Crippen LogP contribution >= 0.6 is 15.9 Å². The highest BCUT2D eigenvalue weighted by Crippen LogP contribution is 2.28. The molecule has 4 heteroatoms. The number of nitrogens with two attached hydrogens (primary N) is 1. The van der Waals surface area contributed by atoms with Crippen LogP contribution in [0.25, 0.3) is 0 Å². The fraction of sp³-hybridized carbons (Fsp3) is 0.562. The summed E-state index contributed by atoms with van der Waals surface area (Å²) in [4.78, 5) is 12.5. The van der Waals surface area contributed by atoms with Crippen LogP contribution in [0.3, 0.4) is 0 Å². The van der Waals surface area contributed by atoms with Gasteiger partial charge in [0.05, 0.1) is 0 Å². The highest BCUT2D eigenvalue weighted by Gasteiger charge is 2.33. The lowest BCUT2D eigenvalue weighted by atomic mass is 9.91. The van der Waals surface area contributed by atoms with E-state index in [9.17, 15) is 4.79 Å². The molecule has 1 aromatic carbocycles. The van der Waals surface area contributed by atoms with Gasteiger partial charge in [0.15, 0.2) is 0 Å². The second-order valence-electron chi connectivity index (χ2n) is 6.02. The minimum absolute atomic E-state index is 0.0979. The van der Waals surface area contributed by atoms with Gasteiger partial charge in [0, 0.05) is 10.5 Å². The van der Waals surface area contributed by atoms with E-state index in [0.29, 0.717) is 5.92 Å². The van der Waals surface area contributed by atoms with Crippen molar-refractivity contribution in [3.05, 3.63) is 34.3 Å². The predicted molar refractivity (Wildman–Crippen MR) is 85.2 cm³/mol. The molecule has 1 saturated carbocycles. The Labute approximate surface area is 129 Å². The molecule has 1 fully saturated rings. The van der Waals surface area contributed by atoms with Crippen LogP contribution in [-0.4, -0.2) is 11.9 Å². The van der Waals surface area contributed by atoms with E-state index in [1.807, 2.05) is 24.3 Å². The summed E-state index contributed by atoms with van der Waals surface area (Å²) in [7, 11) is 0. The fourth-order valence-corrected chi connectivity index (χ4v) is 3.12. The molecule has 20 heavy (non-hydrogen) atoms. The molecule has 3 N–H and O–H groups in total. The number of rotatable bonds is 4. The number of hydrogen-bond donors (Lipinski definition) is 2. The molecule has 0 aromatic heterocycles. The zero-order valence-electron chi connectivity index (χ0n) is 12.2. The van der Waals surface area contributed by atoms with Crippen LogP contribution in [0.1, 0.15) is 45.1 Å². The van der Waals surface area contributed by atoms with Gasteiger partial charge in [0.25, 0.3) is 0 Å². The second-order valence-corrected chi connectivity index (χ2v) is 6.93. The van der Waals surface area contributed by atoms with Gasteiger partial charge in [-0.1, -0.05) is 40.9 Å². The standard InChI is InChI=1S/C16H23BrN2O/c1-11(12-5-3-4-6-12)19-15(20)16(2,18)13-7-9-14(17)10-8-13/h7-12H,3-6,18H2,1-2H3,(H,19,20). The van der Waals surface area contributed by atoms with Gasteiger partial charge in [0.2, 0.25) is 5.91 Å². The van der Waals surface area contributed by atoms with Crippen molar-refractivity contribution in [2.24, 2.45) is 11.7 Å². The zero-order valence-corrected chi connectivity index (χ0v) is 13.7. The maximum Gasteiger partial charge on any atom is 0.244 e. The van der Waals surface area contributed by atoms with Crippen molar-refractivity contribution in [3.8, 4) is 0 Å². The van der Waals surface area contributed by atoms with Crippen LogP contribution < -0.4 is 11.1 Å². The maximum atomic E-state index is 12.5. The fourth-order valence-electron chi connectivity index (χ4n) is 2.86. The normalized spacial score (nSPS) is 20.4. The Balaban J connectivity index is 2.04. The van der Waals surface area contributed by atoms with E-state index >= 15 is 0 Å². The van der Waals surface area contributed by atoms with E-state index in [0.717, 1.165) is 10.0 Å². The summed E-state index contributed by atoms with van der Waals surface area (Å²) >= 11 is 3.39. The lowest BCUT2D eigenvalue weighted by Crippen LogP contribution is -2.52. The van der Waals surface area contributed by atoms with Gasteiger partial charge < -0.3 is 11.1 Å². The average molecular weight is 339 g/mol. The third kappa shape index (κ3) is 3.41. The van der Waals surface area contributed by atoms with Crippen molar-refractivity contribution in [2.75, 3.05) is 0 Å². The first-order valence-corrected chi connectivity index (χ1v) is 8.06. The van der Waals surface area contributed by atoms with Gasteiger partial charge in [-0.2, -0.15) is 0 Å². The van der Waals surface area contributed by atoms with E-state index in [-0.39, 0.29) is 11.9 Å². The van der Waals surface area contributed by atoms with Crippen molar-refractivity contribution in [2.45, 2.75) is 51.1 Å². The number of carbonyl (C=O) groups is 1. The maximum absolute atomic E-state index is 12.5. The van der Waals surface area contributed by atoms with E-state index < -0.39 is 5.54 Å². The Kier molecular flexibility index (Phi) is 4.86. The largest absolute Gasteiger partial charge is 0.351 e. The van der Waals surface area contributed by atoms with Gasteiger partial charge in [-0.3, -0.25) is 4.79 Å². The molecule has 0 aliphatic heterocycles. The summed E-state index contributed by atoms with van der Waals surface area (Å²) in [5.41, 5.74) is 6.09. The Morgan fingerprint density at radius 1 is 1.35 bits per heavy atom. The van der Waals surface area contributed by atoms with Gasteiger partial charge >= 0.3 is 0 Å². The molecule has 3 nitrogen and oxygen atoms in total. The van der Waals surface area contributed by atoms with Crippen LogP contribution in [0, 0.1) is 5.92 Å². The van der Waals surface area contributed by atoms with Gasteiger partial charge in [-0.15, -0.1) is 0 Å². The van der Waals surface area contributed by atoms with E-state index in [1.165, 1.54) is 25.7 Å². The molecule has 1 aliphatic carbocycles. The van der Waals surface area contributed by atoms with Gasteiger partial charge in [0.1, 0.15) is 5.54 Å². The zero-order chi connectivity index (χ0) is 14.8. The number of halogens is 1. The van der Waals surface area contributed by atoms with Crippen molar-refractivity contribution in [3.63, 3.8) is 0 Å². The Morgan fingerprint density at radius 2 is 1.90 bits per heavy atom. The van der Waals surface area contributed by atoms with Crippen molar-refractivity contribution in [1.29, 1.82) is 0 Å². The summed E-state index contributed by atoms with van der Waals surface area (Å²) in [6, 6.07) is 7.80. The highest BCUT2D eigenvalue weighted by molar-refractivity contribution is 9.10. The van der Waals surface area contributed by atoms with E-state index in [4.69, 9.17) is 5.73 Å². The van der Waals surface area contributed by atoms with Crippen molar-refractivity contribution < 1.29 is 4.79 Å². The molecular formula is C16H23BrN2O. The van der Waals surface area contributed by atoms with Crippen LogP contribution in [0.5, 0.6) is 0 Å². The molecule has 0 bridgehead atoms. The average Bonchev–Trinajstić information content (AvgIpc) is 2.93. The molecular weight excluding hydrogens is 316 g/mol. The molecule has 1 aromatic rings. The van der Waals surface area contributed by atoms with E-state index in [2.05, 4.69) is 28.2 Å². The molecule has 2 unspecified atom stereocenters. The van der Waals surface area contributed by atoms with Crippen LogP contribution in [0.4, 0.5) is 0 Å². The number of benzene rings is 1. The third-order valence-electron chi connectivity index (χ3n) is 4.38. The number of hydrogen-bond acceptors (Lipinski definition) is 2. The molecule has 110 valence electrons. The quantitative estimate of drug-likeness (QED) is 0.884. The molecule has 0 radical (unpaired) electrons. The molecule has 1 amide bonds. The summed E-state index contributed by atoms with van der Waals surface area (Å²) in [5.74, 6) is 0.499. The monoisotopic (exact) mass is 338 g/mol. The minimum Gasteiger partial charge on any atom is -0.351 e. The van der Waals surface area contributed by atoms with Crippen LogP contribution in [0.2, 0.25) is 0 Å². The highest BCUT2D eigenvalue weighted by atomic mass is 79.9. The topological polar surface area (TPSA) is 55.1 Å². The van der Waals surface area contributed by atoms with Crippen molar-refractivity contribution >= 4 is 21.8 Å². The summed E-state index contributed by atoms with van der Waals surface area (Å²) in [6.07, 6.45) is 4.97. The molecule has 0 heterocycles. The first-order chi connectivity index (χ1) is 9.41. The lowest BCUT2D eigenvalue weighted by Gasteiger charge is -2.28. The smallest absolute Gasteiger partial charge is 0.244 e. The Morgan fingerprint density at radius 3 is 2.45 bits per heavy atom.